The van der Waals surface area contributed by atoms with E-state index in [0.29, 0.717) is 11.1 Å². The molecule has 0 fully saturated rings. The fraction of sp³-hybridized carbons (Fsp3) is 0.125. The predicted octanol–water partition coefficient (Wildman–Crippen LogP) is 3.86. The van der Waals surface area contributed by atoms with Crippen LogP contribution in [0.3, 0.4) is 0 Å². The van der Waals surface area contributed by atoms with Gasteiger partial charge in [0.2, 0.25) is 0 Å². The number of halogens is 1. The molecule has 0 heterocycles. The third-order valence-electron chi connectivity index (χ3n) is 4.41. The second kappa shape index (κ2) is 10.2. The van der Waals surface area contributed by atoms with Crippen LogP contribution in [0.5, 0.6) is 0 Å². The third kappa shape index (κ3) is 6.24. The molecule has 0 atom stereocenters. The number of amides is 2. The fourth-order valence-corrected chi connectivity index (χ4v) is 2.81. The van der Waals surface area contributed by atoms with E-state index in [9.17, 15) is 18.8 Å². The van der Waals surface area contributed by atoms with Crippen molar-refractivity contribution in [1.29, 1.82) is 0 Å². The molecule has 2 amide bonds. The van der Waals surface area contributed by atoms with Crippen LogP contribution in [0.4, 0.5) is 10.1 Å². The van der Waals surface area contributed by atoms with Gasteiger partial charge in [0.05, 0.1) is 11.3 Å². The monoisotopic (exact) mass is 420 g/mol. The van der Waals surface area contributed by atoms with Crippen molar-refractivity contribution in [3.05, 3.63) is 101 Å². The summed E-state index contributed by atoms with van der Waals surface area (Å²) in [7, 11) is 0. The minimum Gasteiger partial charge on any atom is -0.452 e. The molecular weight excluding hydrogens is 399 g/mol. The molecule has 3 rings (SSSR count). The Labute approximate surface area is 179 Å². The minimum atomic E-state index is -0.739. The molecule has 0 aliphatic heterocycles. The predicted molar refractivity (Wildman–Crippen MR) is 114 cm³/mol. The van der Waals surface area contributed by atoms with Gasteiger partial charge in [-0.15, -0.1) is 0 Å². The highest BCUT2D eigenvalue weighted by atomic mass is 19.1. The van der Waals surface area contributed by atoms with E-state index >= 15 is 0 Å². The average Bonchev–Trinajstić information content (AvgIpc) is 2.77. The van der Waals surface area contributed by atoms with Crippen LogP contribution in [0.2, 0.25) is 0 Å². The number of aryl methyl sites for hydroxylation is 1. The molecule has 2 N–H and O–H groups in total. The number of anilines is 1. The summed E-state index contributed by atoms with van der Waals surface area (Å²) in [6.45, 7) is 1.57. The summed E-state index contributed by atoms with van der Waals surface area (Å²) in [5.74, 6) is -1.96. The van der Waals surface area contributed by atoms with E-state index in [0.717, 1.165) is 5.56 Å². The summed E-state index contributed by atoms with van der Waals surface area (Å²) in [5.41, 5.74) is 2.53. The highest BCUT2D eigenvalue weighted by Gasteiger charge is 2.16. The fourth-order valence-electron chi connectivity index (χ4n) is 2.81. The van der Waals surface area contributed by atoms with Gasteiger partial charge in [-0.3, -0.25) is 9.59 Å². The molecule has 0 aliphatic carbocycles. The van der Waals surface area contributed by atoms with E-state index in [4.69, 9.17) is 4.74 Å². The number of carbonyl (C=O) groups excluding carboxylic acids is 3. The van der Waals surface area contributed by atoms with Gasteiger partial charge >= 0.3 is 5.97 Å². The van der Waals surface area contributed by atoms with Gasteiger partial charge < -0.3 is 15.4 Å². The first-order valence-corrected chi connectivity index (χ1v) is 9.57. The molecule has 0 radical (unpaired) electrons. The lowest BCUT2D eigenvalue weighted by Crippen LogP contribution is -2.28. The van der Waals surface area contributed by atoms with Crippen LogP contribution in [-0.4, -0.2) is 24.4 Å². The first kappa shape index (κ1) is 21.7. The maximum absolute atomic E-state index is 12.9. The Hall–Kier alpha value is -4.00. The Balaban J connectivity index is 1.57. The van der Waals surface area contributed by atoms with Crippen molar-refractivity contribution >= 4 is 23.5 Å². The third-order valence-corrected chi connectivity index (χ3v) is 4.41. The zero-order valence-electron chi connectivity index (χ0n) is 16.9. The van der Waals surface area contributed by atoms with Crippen LogP contribution < -0.4 is 10.6 Å². The number of nitrogens with one attached hydrogen (secondary N) is 2. The quantitative estimate of drug-likeness (QED) is 0.569. The Morgan fingerprint density at radius 2 is 1.68 bits per heavy atom. The van der Waals surface area contributed by atoms with Crippen molar-refractivity contribution in [2.75, 3.05) is 11.9 Å². The largest absolute Gasteiger partial charge is 0.452 e. The maximum atomic E-state index is 12.9. The molecule has 158 valence electrons. The zero-order valence-corrected chi connectivity index (χ0v) is 16.9. The van der Waals surface area contributed by atoms with Gasteiger partial charge in [0, 0.05) is 12.1 Å². The van der Waals surface area contributed by atoms with Crippen LogP contribution in [0, 0.1) is 12.7 Å². The number of hydrogen-bond acceptors (Lipinski definition) is 4. The number of carbonyl (C=O) groups is 3. The molecule has 0 spiro atoms. The summed E-state index contributed by atoms with van der Waals surface area (Å²) in [5, 5.41) is 5.29. The molecule has 3 aromatic carbocycles. The van der Waals surface area contributed by atoms with Crippen molar-refractivity contribution in [2.24, 2.45) is 0 Å². The zero-order chi connectivity index (χ0) is 22.2. The molecule has 0 unspecified atom stereocenters. The molecule has 0 saturated heterocycles. The number of esters is 1. The lowest BCUT2D eigenvalue weighted by Gasteiger charge is -2.11. The maximum Gasteiger partial charge on any atom is 0.340 e. The molecule has 0 saturated carbocycles. The highest BCUT2D eigenvalue weighted by Crippen LogP contribution is 2.18. The van der Waals surface area contributed by atoms with Gasteiger partial charge in [0.25, 0.3) is 11.8 Å². The number of hydrogen-bond donors (Lipinski definition) is 2. The molecule has 31 heavy (non-hydrogen) atoms. The minimum absolute atomic E-state index is 0.134. The van der Waals surface area contributed by atoms with Crippen molar-refractivity contribution in [3.63, 3.8) is 0 Å². The summed E-state index contributed by atoms with van der Waals surface area (Å²) in [6, 6.07) is 19.2. The SMILES string of the molecule is Cc1cccc(C(=O)Nc2ccccc2C(=O)OCC(=O)NCc2ccc(F)cc2)c1. The number of rotatable bonds is 7. The molecule has 3 aromatic rings. The van der Waals surface area contributed by atoms with Gasteiger partial charge in [-0.2, -0.15) is 0 Å². The molecule has 7 heteroatoms. The Morgan fingerprint density at radius 1 is 0.935 bits per heavy atom. The van der Waals surface area contributed by atoms with Gasteiger partial charge in [-0.25, -0.2) is 9.18 Å². The van der Waals surface area contributed by atoms with Crippen molar-refractivity contribution < 1.29 is 23.5 Å². The summed E-state index contributed by atoms with van der Waals surface area (Å²) in [6.07, 6.45) is 0. The highest BCUT2D eigenvalue weighted by molar-refractivity contribution is 6.08. The van der Waals surface area contributed by atoms with Crippen LogP contribution in [-0.2, 0) is 16.1 Å². The molecule has 0 aliphatic rings. The molecule has 0 bridgehead atoms. The van der Waals surface area contributed by atoms with Crippen LogP contribution in [0.15, 0.2) is 72.8 Å². The number of ether oxygens (including phenoxy) is 1. The lowest BCUT2D eigenvalue weighted by molar-refractivity contribution is -0.124. The van der Waals surface area contributed by atoms with Crippen molar-refractivity contribution in [3.8, 4) is 0 Å². The topological polar surface area (TPSA) is 84.5 Å². The van der Waals surface area contributed by atoms with Gasteiger partial charge in [0.1, 0.15) is 5.82 Å². The second-order valence-electron chi connectivity index (χ2n) is 6.85. The first-order chi connectivity index (χ1) is 14.9. The van der Waals surface area contributed by atoms with Crippen molar-refractivity contribution in [2.45, 2.75) is 13.5 Å². The smallest absolute Gasteiger partial charge is 0.340 e. The van der Waals surface area contributed by atoms with E-state index < -0.39 is 18.5 Å². The second-order valence-corrected chi connectivity index (χ2v) is 6.85. The van der Waals surface area contributed by atoms with Crippen molar-refractivity contribution in [1.82, 2.24) is 5.32 Å². The Bertz CT molecular complexity index is 1100. The van der Waals surface area contributed by atoms with E-state index in [-0.39, 0.29) is 29.5 Å². The first-order valence-electron chi connectivity index (χ1n) is 9.57. The average molecular weight is 420 g/mol. The van der Waals surface area contributed by atoms with Gasteiger partial charge in [0.15, 0.2) is 6.61 Å². The Morgan fingerprint density at radius 3 is 2.42 bits per heavy atom. The van der Waals surface area contributed by atoms with E-state index in [1.54, 1.807) is 48.5 Å². The van der Waals surface area contributed by atoms with E-state index in [2.05, 4.69) is 10.6 Å². The van der Waals surface area contributed by atoms with E-state index in [1.807, 2.05) is 13.0 Å². The van der Waals surface area contributed by atoms with Crippen LogP contribution in [0.25, 0.3) is 0 Å². The van der Waals surface area contributed by atoms with Gasteiger partial charge in [-0.1, -0.05) is 42.0 Å². The summed E-state index contributed by atoms with van der Waals surface area (Å²) < 4.78 is 18.0. The molecule has 6 nitrogen and oxygen atoms in total. The normalized spacial score (nSPS) is 10.3. The Kier molecular flexibility index (Phi) is 7.11. The standard InChI is InChI=1S/C24H21FN2O4/c1-16-5-4-6-18(13-16)23(29)27-21-8-3-2-7-20(21)24(30)31-15-22(28)26-14-17-9-11-19(25)12-10-17/h2-13H,14-15H2,1H3,(H,26,28)(H,27,29). The summed E-state index contributed by atoms with van der Waals surface area (Å²) >= 11 is 0. The number of benzene rings is 3. The lowest BCUT2D eigenvalue weighted by atomic mass is 10.1. The molecular formula is C24H21FN2O4. The van der Waals surface area contributed by atoms with E-state index in [1.165, 1.54) is 18.2 Å². The molecule has 0 aromatic heterocycles. The van der Waals surface area contributed by atoms with Crippen LogP contribution >= 0.6 is 0 Å². The number of para-hydroxylation sites is 1. The van der Waals surface area contributed by atoms with Crippen LogP contribution in [0.1, 0.15) is 31.8 Å². The summed E-state index contributed by atoms with van der Waals surface area (Å²) in [4.78, 5) is 36.9. The van der Waals surface area contributed by atoms with Gasteiger partial charge in [-0.05, 0) is 48.9 Å².